The summed E-state index contributed by atoms with van der Waals surface area (Å²) in [6.45, 7) is 1.48. The summed E-state index contributed by atoms with van der Waals surface area (Å²) in [6.07, 6.45) is -1.80. The van der Waals surface area contributed by atoms with Crippen molar-refractivity contribution in [3.05, 3.63) is 35.3 Å². The van der Waals surface area contributed by atoms with E-state index in [9.17, 15) is 17.6 Å². The lowest BCUT2D eigenvalue weighted by atomic mass is 10.2. The van der Waals surface area contributed by atoms with Gasteiger partial charge in [-0.15, -0.1) is 0 Å². The fourth-order valence-electron chi connectivity index (χ4n) is 1.86. The van der Waals surface area contributed by atoms with Gasteiger partial charge < -0.3 is 5.32 Å². The van der Waals surface area contributed by atoms with E-state index in [1.54, 1.807) is 6.92 Å². The first kappa shape index (κ1) is 15.2. The molecule has 0 aliphatic heterocycles. The molecule has 0 spiro atoms. The number of nitrogens with zero attached hydrogens (tertiary/aromatic N) is 4. The minimum absolute atomic E-state index is 0.0824. The molecule has 114 valence electrons. The molecule has 2 aromatic heterocycles. The number of rotatable bonds is 4. The van der Waals surface area contributed by atoms with Gasteiger partial charge in [0, 0.05) is 25.4 Å². The zero-order valence-electron chi connectivity index (χ0n) is 11.4. The Labute approximate surface area is 118 Å². The highest BCUT2D eigenvalue weighted by atomic mass is 19.4. The third-order valence-corrected chi connectivity index (χ3v) is 2.82. The second kappa shape index (κ2) is 5.66. The Bertz CT molecular complexity index is 635. The van der Waals surface area contributed by atoms with Crippen LogP contribution in [0.5, 0.6) is 0 Å². The van der Waals surface area contributed by atoms with Gasteiger partial charge in [-0.1, -0.05) is 6.92 Å². The summed E-state index contributed by atoms with van der Waals surface area (Å²) in [5, 5.41) is 5.93. The zero-order chi connectivity index (χ0) is 15.6. The number of nitrogens with one attached hydrogen (secondary N) is 1. The molecule has 0 atom stereocenters. The van der Waals surface area contributed by atoms with Crippen molar-refractivity contribution >= 4 is 5.82 Å². The monoisotopic (exact) mass is 303 g/mol. The summed E-state index contributed by atoms with van der Waals surface area (Å²) in [7, 11) is 1.39. The molecule has 5 nitrogen and oxygen atoms in total. The van der Waals surface area contributed by atoms with Crippen LogP contribution in [0, 0.1) is 5.82 Å². The average Bonchev–Trinajstić information content (AvgIpc) is 2.79. The molecule has 21 heavy (non-hydrogen) atoms. The third-order valence-electron chi connectivity index (χ3n) is 2.82. The molecule has 0 bridgehead atoms. The summed E-state index contributed by atoms with van der Waals surface area (Å²) >= 11 is 0. The van der Waals surface area contributed by atoms with Crippen molar-refractivity contribution in [1.82, 2.24) is 19.7 Å². The number of hydrogen-bond donors (Lipinski definition) is 1. The van der Waals surface area contributed by atoms with Gasteiger partial charge in [-0.25, -0.2) is 14.4 Å². The van der Waals surface area contributed by atoms with Gasteiger partial charge >= 0.3 is 6.18 Å². The molecular weight excluding hydrogens is 290 g/mol. The number of halogens is 4. The van der Waals surface area contributed by atoms with Crippen LogP contribution in [0.3, 0.4) is 0 Å². The van der Waals surface area contributed by atoms with Gasteiger partial charge in [-0.3, -0.25) is 4.68 Å². The van der Waals surface area contributed by atoms with Crippen molar-refractivity contribution in [3.63, 3.8) is 0 Å². The maximum atomic E-state index is 13.9. The van der Waals surface area contributed by atoms with Crippen LogP contribution in [0.4, 0.5) is 23.4 Å². The maximum Gasteiger partial charge on any atom is 0.435 e. The lowest BCUT2D eigenvalue weighted by Gasteiger charge is -2.09. The van der Waals surface area contributed by atoms with E-state index >= 15 is 0 Å². The fraction of sp³-hybridized carbons (Fsp3) is 0.417. The van der Waals surface area contributed by atoms with Crippen molar-refractivity contribution in [2.75, 3.05) is 5.32 Å². The molecular formula is C12H13F4N5. The van der Waals surface area contributed by atoms with Crippen LogP contribution in [0.1, 0.15) is 23.9 Å². The Kier molecular flexibility index (Phi) is 4.10. The summed E-state index contributed by atoms with van der Waals surface area (Å²) < 4.78 is 53.3. The van der Waals surface area contributed by atoms with Gasteiger partial charge in [0.15, 0.2) is 17.3 Å². The molecule has 0 saturated carbocycles. The Balaban J connectivity index is 2.21. The van der Waals surface area contributed by atoms with E-state index < -0.39 is 17.7 Å². The van der Waals surface area contributed by atoms with E-state index in [4.69, 9.17) is 0 Å². The van der Waals surface area contributed by atoms with Crippen molar-refractivity contribution in [2.45, 2.75) is 26.1 Å². The van der Waals surface area contributed by atoms with Crippen LogP contribution in [-0.2, 0) is 26.2 Å². The number of alkyl halides is 3. The number of aryl methyl sites for hydroxylation is 2. The van der Waals surface area contributed by atoms with Crippen molar-refractivity contribution < 1.29 is 17.6 Å². The van der Waals surface area contributed by atoms with Crippen LogP contribution in [-0.4, -0.2) is 19.7 Å². The largest absolute Gasteiger partial charge is 0.435 e. The second-order valence-electron chi connectivity index (χ2n) is 4.36. The van der Waals surface area contributed by atoms with Gasteiger partial charge in [0.1, 0.15) is 6.33 Å². The zero-order valence-corrected chi connectivity index (χ0v) is 11.4. The highest BCUT2D eigenvalue weighted by Gasteiger charge is 2.36. The molecule has 1 N–H and O–H groups in total. The topological polar surface area (TPSA) is 55.6 Å². The number of hydrogen-bond acceptors (Lipinski definition) is 4. The van der Waals surface area contributed by atoms with E-state index in [-0.39, 0.29) is 23.6 Å². The third kappa shape index (κ3) is 3.29. The minimum Gasteiger partial charge on any atom is -0.363 e. The molecule has 0 radical (unpaired) electrons. The first-order chi connectivity index (χ1) is 9.82. The first-order valence-electron chi connectivity index (χ1n) is 6.16. The van der Waals surface area contributed by atoms with Crippen molar-refractivity contribution in [1.29, 1.82) is 0 Å². The minimum atomic E-state index is -4.56. The van der Waals surface area contributed by atoms with Crippen LogP contribution in [0.25, 0.3) is 0 Å². The average molecular weight is 303 g/mol. The molecule has 2 aromatic rings. The molecule has 0 saturated heterocycles. The highest BCUT2D eigenvalue weighted by Crippen LogP contribution is 2.30. The molecule has 0 aliphatic carbocycles. The lowest BCUT2D eigenvalue weighted by molar-refractivity contribution is -0.142. The molecule has 0 aliphatic rings. The molecule has 9 heteroatoms. The highest BCUT2D eigenvalue weighted by molar-refractivity contribution is 5.38. The van der Waals surface area contributed by atoms with E-state index in [0.29, 0.717) is 6.42 Å². The van der Waals surface area contributed by atoms with Gasteiger partial charge in [-0.2, -0.15) is 18.3 Å². The molecule has 0 amide bonds. The smallest absolute Gasteiger partial charge is 0.363 e. The van der Waals surface area contributed by atoms with Crippen LogP contribution >= 0.6 is 0 Å². The normalized spacial score (nSPS) is 11.7. The summed E-state index contributed by atoms with van der Waals surface area (Å²) in [6, 6.07) is 0. The summed E-state index contributed by atoms with van der Waals surface area (Å²) in [5.41, 5.74) is -0.876. The Morgan fingerprint density at radius 2 is 2.00 bits per heavy atom. The number of aromatic nitrogens is 4. The predicted molar refractivity (Wildman–Crippen MR) is 66.9 cm³/mol. The maximum absolute atomic E-state index is 13.9. The van der Waals surface area contributed by atoms with Gasteiger partial charge in [0.05, 0.1) is 5.69 Å². The van der Waals surface area contributed by atoms with Crippen LogP contribution in [0.2, 0.25) is 0 Å². The Morgan fingerprint density at radius 3 is 2.62 bits per heavy atom. The molecule has 0 fully saturated rings. The van der Waals surface area contributed by atoms with E-state index in [1.165, 1.54) is 13.2 Å². The second-order valence-corrected chi connectivity index (χ2v) is 4.36. The van der Waals surface area contributed by atoms with Gasteiger partial charge in [-0.05, 0) is 6.42 Å². The van der Waals surface area contributed by atoms with Gasteiger partial charge in [0.2, 0.25) is 0 Å². The van der Waals surface area contributed by atoms with Crippen LogP contribution in [0.15, 0.2) is 12.5 Å². The summed E-state index contributed by atoms with van der Waals surface area (Å²) in [5.74, 6) is -0.781. The number of anilines is 1. The first-order valence-corrected chi connectivity index (χ1v) is 6.16. The predicted octanol–water partition coefficient (Wildman–Crippen LogP) is 2.54. The van der Waals surface area contributed by atoms with E-state index in [0.717, 1.165) is 11.0 Å². The van der Waals surface area contributed by atoms with E-state index in [2.05, 4.69) is 20.4 Å². The quantitative estimate of drug-likeness (QED) is 0.882. The summed E-state index contributed by atoms with van der Waals surface area (Å²) in [4.78, 5) is 7.45. The van der Waals surface area contributed by atoms with Gasteiger partial charge in [0.25, 0.3) is 0 Å². The SMILES string of the molecule is CCc1ncnc(NCc2cn(C)nc2C(F)(F)F)c1F. The Morgan fingerprint density at radius 1 is 1.29 bits per heavy atom. The van der Waals surface area contributed by atoms with Crippen molar-refractivity contribution in [2.24, 2.45) is 7.05 Å². The molecule has 2 rings (SSSR count). The Hall–Kier alpha value is -2.19. The van der Waals surface area contributed by atoms with E-state index in [1.807, 2.05) is 0 Å². The fourth-order valence-corrected chi connectivity index (χ4v) is 1.86. The molecule has 0 aromatic carbocycles. The standard InChI is InChI=1S/C12H13F4N5/c1-3-8-9(13)11(19-6-18-8)17-4-7-5-21(2)20-10(7)12(14,15)16/h5-6H,3-4H2,1-2H3,(H,17,18,19). The lowest BCUT2D eigenvalue weighted by Crippen LogP contribution is -2.13. The van der Waals surface area contributed by atoms with Crippen molar-refractivity contribution in [3.8, 4) is 0 Å². The van der Waals surface area contributed by atoms with Crippen LogP contribution < -0.4 is 5.32 Å². The molecule has 2 heterocycles. The molecule has 0 unspecified atom stereocenters.